The summed E-state index contributed by atoms with van der Waals surface area (Å²) in [4.78, 5) is 25.3. The van der Waals surface area contributed by atoms with Crippen molar-refractivity contribution in [2.24, 2.45) is 11.7 Å². The van der Waals surface area contributed by atoms with Crippen molar-refractivity contribution in [3.63, 3.8) is 0 Å². The molecule has 0 spiro atoms. The third kappa shape index (κ3) is 2.85. The number of hydrogen-bond acceptors (Lipinski definition) is 3. The molecule has 1 saturated heterocycles. The van der Waals surface area contributed by atoms with Crippen molar-refractivity contribution in [1.82, 2.24) is 9.80 Å². The molecule has 6 nitrogen and oxygen atoms in total. The number of primary amides is 1. The third-order valence-corrected chi connectivity index (χ3v) is 2.90. The molecule has 1 aliphatic heterocycles. The van der Waals surface area contributed by atoms with E-state index in [1.165, 1.54) is 4.90 Å². The third-order valence-electron chi connectivity index (χ3n) is 2.90. The maximum Gasteiger partial charge on any atom is 0.407 e. The highest BCUT2D eigenvalue weighted by Gasteiger charge is 2.30. The van der Waals surface area contributed by atoms with Gasteiger partial charge in [0.1, 0.15) is 0 Å². The van der Waals surface area contributed by atoms with Gasteiger partial charge in [0.25, 0.3) is 0 Å². The molecule has 6 heteroatoms. The van der Waals surface area contributed by atoms with E-state index < -0.39 is 6.09 Å². The number of carboxylic acid groups (broad SMARTS) is 1. The first-order valence-corrected chi connectivity index (χ1v) is 5.44. The van der Waals surface area contributed by atoms with E-state index in [1.54, 1.807) is 0 Å². The molecule has 1 heterocycles. The van der Waals surface area contributed by atoms with Crippen LogP contribution in [-0.4, -0.2) is 59.1 Å². The van der Waals surface area contributed by atoms with Crippen molar-refractivity contribution >= 4 is 12.0 Å². The molecule has 2 amide bonds. The summed E-state index contributed by atoms with van der Waals surface area (Å²) >= 11 is 0. The van der Waals surface area contributed by atoms with Gasteiger partial charge in [0.15, 0.2) is 0 Å². The molecule has 3 N–H and O–H groups in total. The lowest BCUT2D eigenvalue weighted by atomic mass is 10.0. The number of nitrogens with two attached hydrogens (primary N) is 1. The predicted molar refractivity (Wildman–Crippen MR) is 59.0 cm³/mol. The Morgan fingerprint density at radius 1 is 1.19 bits per heavy atom. The van der Waals surface area contributed by atoms with E-state index in [-0.39, 0.29) is 17.9 Å². The second-order valence-corrected chi connectivity index (χ2v) is 4.40. The van der Waals surface area contributed by atoms with Gasteiger partial charge in [-0.15, -0.1) is 0 Å². The molecule has 0 aromatic heterocycles. The van der Waals surface area contributed by atoms with E-state index in [0.29, 0.717) is 26.2 Å². The number of nitrogens with zero attached hydrogens (tertiary/aromatic N) is 2. The van der Waals surface area contributed by atoms with E-state index >= 15 is 0 Å². The Labute approximate surface area is 95.0 Å². The van der Waals surface area contributed by atoms with Gasteiger partial charge < -0.3 is 15.7 Å². The van der Waals surface area contributed by atoms with Crippen LogP contribution in [0.5, 0.6) is 0 Å². The zero-order valence-corrected chi connectivity index (χ0v) is 9.72. The fourth-order valence-electron chi connectivity index (χ4n) is 2.12. The van der Waals surface area contributed by atoms with Crippen molar-refractivity contribution in [3.8, 4) is 0 Å². The fraction of sp³-hybridized carbons (Fsp3) is 0.800. The Morgan fingerprint density at radius 2 is 1.69 bits per heavy atom. The minimum absolute atomic E-state index is 0.147. The quantitative estimate of drug-likeness (QED) is 0.701. The summed E-state index contributed by atoms with van der Waals surface area (Å²) in [5.74, 6) is -0.187. The normalized spacial score (nSPS) is 19.8. The first kappa shape index (κ1) is 12.8. The molecule has 92 valence electrons. The van der Waals surface area contributed by atoms with E-state index in [9.17, 15) is 9.59 Å². The Kier molecular flexibility index (Phi) is 4.12. The fourth-order valence-corrected chi connectivity index (χ4v) is 2.12. The molecular weight excluding hydrogens is 210 g/mol. The summed E-state index contributed by atoms with van der Waals surface area (Å²) in [5, 5.41) is 8.80. The lowest BCUT2D eigenvalue weighted by Gasteiger charge is -2.38. The number of rotatable bonds is 3. The highest BCUT2D eigenvalue weighted by molar-refractivity contribution is 5.80. The van der Waals surface area contributed by atoms with Gasteiger partial charge in [0.05, 0.1) is 6.04 Å². The van der Waals surface area contributed by atoms with Gasteiger partial charge in [0.2, 0.25) is 5.91 Å². The van der Waals surface area contributed by atoms with E-state index in [4.69, 9.17) is 10.8 Å². The lowest BCUT2D eigenvalue weighted by molar-refractivity contribution is -0.125. The second kappa shape index (κ2) is 5.16. The number of hydrogen-bond donors (Lipinski definition) is 2. The molecule has 0 aromatic rings. The van der Waals surface area contributed by atoms with Crippen LogP contribution < -0.4 is 5.73 Å². The van der Waals surface area contributed by atoms with E-state index in [2.05, 4.69) is 0 Å². The van der Waals surface area contributed by atoms with Crippen LogP contribution in [0.1, 0.15) is 13.8 Å². The average Bonchev–Trinajstić information content (AvgIpc) is 2.17. The van der Waals surface area contributed by atoms with E-state index in [1.807, 2.05) is 18.7 Å². The SMILES string of the molecule is CC(C)C(C(N)=O)N1CCN(C(=O)O)CC1. The van der Waals surface area contributed by atoms with Gasteiger partial charge in [-0.2, -0.15) is 0 Å². The monoisotopic (exact) mass is 229 g/mol. The molecule has 0 saturated carbocycles. The molecule has 1 unspecified atom stereocenters. The molecule has 0 aromatic carbocycles. The number of carbonyl (C=O) groups excluding carboxylic acids is 1. The molecule has 0 aliphatic carbocycles. The highest BCUT2D eigenvalue weighted by Crippen LogP contribution is 2.13. The molecule has 16 heavy (non-hydrogen) atoms. The van der Waals surface area contributed by atoms with Crippen LogP contribution in [0.25, 0.3) is 0 Å². The molecule has 1 rings (SSSR count). The Hall–Kier alpha value is -1.30. The zero-order chi connectivity index (χ0) is 12.3. The smallest absolute Gasteiger partial charge is 0.407 e. The van der Waals surface area contributed by atoms with Crippen molar-refractivity contribution in [2.75, 3.05) is 26.2 Å². The van der Waals surface area contributed by atoms with Gasteiger partial charge in [-0.05, 0) is 5.92 Å². The Balaban J connectivity index is 2.57. The predicted octanol–water partition coefficient (Wildman–Crippen LogP) is -0.208. The Morgan fingerprint density at radius 3 is 2.00 bits per heavy atom. The van der Waals surface area contributed by atoms with Crippen LogP contribution in [0.2, 0.25) is 0 Å². The summed E-state index contributed by atoms with van der Waals surface area (Å²) in [6.45, 7) is 5.89. The first-order chi connectivity index (χ1) is 7.43. The number of amides is 2. The van der Waals surface area contributed by atoms with Crippen LogP contribution in [0, 0.1) is 5.92 Å². The number of carbonyl (C=O) groups is 2. The Bertz CT molecular complexity index is 272. The summed E-state index contributed by atoms with van der Waals surface area (Å²) in [6.07, 6.45) is -0.903. The van der Waals surface area contributed by atoms with Gasteiger partial charge in [0, 0.05) is 26.2 Å². The minimum atomic E-state index is -0.903. The van der Waals surface area contributed by atoms with Crippen molar-refractivity contribution in [3.05, 3.63) is 0 Å². The maximum absolute atomic E-state index is 11.3. The van der Waals surface area contributed by atoms with Gasteiger partial charge in [-0.25, -0.2) is 4.79 Å². The van der Waals surface area contributed by atoms with Gasteiger partial charge in [-0.3, -0.25) is 9.69 Å². The highest BCUT2D eigenvalue weighted by atomic mass is 16.4. The first-order valence-electron chi connectivity index (χ1n) is 5.44. The van der Waals surface area contributed by atoms with Gasteiger partial charge in [-0.1, -0.05) is 13.8 Å². The minimum Gasteiger partial charge on any atom is -0.465 e. The van der Waals surface area contributed by atoms with Crippen LogP contribution in [0.15, 0.2) is 0 Å². The van der Waals surface area contributed by atoms with E-state index in [0.717, 1.165) is 0 Å². The topological polar surface area (TPSA) is 86.9 Å². The summed E-state index contributed by atoms with van der Waals surface area (Å²) in [6, 6.07) is -0.295. The summed E-state index contributed by atoms with van der Waals surface area (Å²) in [5.41, 5.74) is 5.35. The van der Waals surface area contributed by atoms with Crippen molar-refractivity contribution in [1.29, 1.82) is 0 Å². The summed E-state index contributed by atoms with van der Waals surface area (Å²) < 4.78 is 0. The van der Waals surface area contributed by atoms with Crippen LogP contribution in [0.4, 0.5) is 4.79 Å². The zero-order valence-electron chi connectivity index (χ0n) is 9.72. The molecule has 1 fully saturated rings. The molecule has 0 radical (unpaired) electrons. The van der Waals surface area contributed by atoms with Crippen molar-refractivity contribution in [2.45, 2.75) is 19.9 Å². The molecule has 1 aliphatic rings. The number of piperazine rings is 1. The van der Waals surface area contributed by atoms with Gasteiger partial charge >= 0.3 is 6.09 Å². The molecule has 1 atom stereocenters. The molecular formula is C10H19N3O3. The van der Waals surface area contributed by atoms with Crippen LogP contribution in [-0.2, 0) is 4.79 Å². The summed E-state index contributed by atoms with van der Waals surface area (Å²) in [7, 11) is 0. The second-order valence-electron chi connectivity index (χ2n) is 4.40. The van der Waals surface area contributed by atoms with Crippen LogP contribution >= 0.6 is 0 Å². The average molecular weight is 229 g/mol. The van der Waals surface area contributed by atoms with Crippen molar-refractivity contribution < 1.29 is 14.7 Å². The van der Waals surface area contributed by atoms with Crippen LogP contribution in [0.3, 0.4) is 0 Å². The largest absolute Gasteiger partial charge is 0.465 e. The maximum atomic E-state index is 11.3. The molecule has 0 bridgehead atoms. The standard InChI is InChI=1S/C10H19N3O3/c1-7(2)8(9(11)14)12-3-5-13(6-4-12)10(15)16/h7-8H,3-6H2,1-2H3,(H2,11,14)(H,15,16). The lowest BCUT2D eigenvalue weighted by Crippen LogP contribution is -2.56.